The van der Waals surface area contributed by atoms with Crippen LogP contribution in [0.5, 0.6) is 17.2 Å². The highest BCUT2D eigenvalue weighted by Crippen LogP contribution is 2.40. The lowest BCUT2D eigenvalue weighted by Gasteiger charge is -2.36. The molecule has 2 heterocycles. The Balaban J connectivity index is 1.92. The number of benzene rings is 1. The molecule has 1 N–H and O–H groups in total. The van der Waals surface area contributed by atoms with Gasteiger partial charge in [0.2, 0.25) is 5.75 Å². The Morgan fingerprint density at radius 2 is 1.75 bits per heavy atom. The molecule has 0 amide bonds. The van der Waals surface area contributed by atoms with Gasteiger partial charge in [-0.05, 0) is 32.6 Å². The SMILES string of the molecule is CCC1CCCCN1c1cc(Nc2cc(OC)c(OC)c(OC)c2)nc(C)n1. The first-order valence-corrected chi connectivity index (χ1v) is 9.79. The van der Waals surface area contributed by atoms with Crippen LogP contribution in [0.4, 0.5) is 17.3 Å². The Morgan fingerprint density at radius 1 is 1.04 bits per heavy atom. The average molecular weight is 386 g/mol. The smallest absolute Gasteiger partial charge is 0.203 e. The van der Waals surface area contributed by atoms with Gasteiger partial charge in [0.1, 0.15) is 17.5 Å². The number of hydrogen-bond acceptors (Lipinski definition) is 7. The molecule has 1 aliphatic heterocycles. The number of rotatable bonds is 7. The highest BCUT2D eigenvalue weighted by Gasteiger charge is 2.23. The van der Waals surface area contributed by atoms with Crippen molar-refractivity contribution in [1.82, 2.24) is 9.97 Å². The number of ether oxygens (including phenoxy) is 3. The Morgan fingerprint density at radius 3 is 2.36 bits per heavy atom. The van der Waals surface area contributed by atoms with E-state index in [1.165, 1.54) is 19.3 Å². The van der Waals surface area contributed by atoms with Gasteiger partial charge in [0.25, 0.3) is 0 Å². The number of anilines is 3. The molecule has 1 saturated heterocycles. The van der Waals surface area contributed by atoms with E-state index in [1.54, 1.807) is 21.3 Å². The maximum Gasteiger partial charge on any atom is 0.203 e. The zero-order chi connectivity index (χ0) is 20.1. The summed E-state index contributed by atoms with van der Waals surface area (Å²) in [5, 5.41) is 3.36. The van der Waals surface area contributed by atoms with Crippen molar-refractivity contribution in [3.63, 3.8) is 0 Å². The number of nitrogens with one attached hydrogen (secondary N) is 1. The average Bonchev–Trinajstić information content (AvgIpc) is 2.72. The monoisotopic (exact) mass is 386 g/mol. The summed E-state index contributed by atoms with van der Waals surface area (Å²) in [6, 6.07) is 6.30. The van der Waals surface area contributed by atoms with Gasteiger partial charge in [-0.15, -0.1) is 0 Å². The summed E-state index contributed by atoms with van der Waals surface area (Å²) in [5.41, 5.74) is 0.809. The number of nitrogens with zero attached hydrogens (tertiary/aromatic N) is 3. The number of aromatic nitrogens is 2. The molecule has 152 valence electrons. The summed E-state index contributed by atoms with van der Waals surface area (Å²) in [4.78, 5) is 11.7. The standard InChI is InChI=1S/C21H30N4O3/c1-6-16-9-7-8-10-25(16)20-13-19(22-14(2)23-20)24-15-11-17(26-3)21(28-5)18(12-15)27-4/h11-13,16H,6-10H2,1-5H3,(H,22,23,24). The van der Waals surface area contributed by atoms with Crippen LogP contribution in [-0.4, -0.2) is 43.9 Å². The van der Waals surface area contributed by atoms with Gasteiger partial charge in [-0.1, -0.05) is 6.92 Å². The van der Waals surface area contributed by atoms with Gasteiger partial charge >= 0.3 is 0 Å². The largest absolute Gasteiger partial charge is 0.493 e. The third-order valence-electron chi connectivity index (χ3n) is 5.15. The van der Waals surface area contributed by atoms with Crippen molar-refractivity contribution in [2.24, 2.45) is 0 Å². The normalized spacial score (nSPS) is 16.6. The van der Waals surface area contributed by atoms with Crippen LogP contribution in [0.3, 0.4) is 0 Å². The first kappa shape index (κ1) is 20.0. The fraction of sp³-hybridized carbons (Fsp3) is 0.524. The number of methoxy groups -OCH3 is 3. The molecule has 1 atom stereocenters. The highest BCUT2D eigenvalue weighted by molar-refractivity contribution is 5.67. The quantitative estimate of drug-likeness (QED) is 0.760. The summed E-state index contributed by atoms with van der Waals surface area (Å²) >= 11 is 0. The fourth-order valence-electron chi connectivity index (χ4n) is 3.79. The summed E-state index contributed by atoms with van der Waals surface area (Å²) in [7, 11) is 4.81. The Hall–Kier alpha value is -2.70. The van der Waals surface area contributed by atoms with Crippen LogP contribution in [0.15, 0.2) is 18.2 Å². The Labute approximate surface area is 167 Å². The van der Waals surface area contributed by atoms with Crippen LogP contribution in [-0.2, 0) is 0 Å². The van der Waals surface area contributed by atoms with E-state index >= 15 is 0 Å². The van der Waals surface area contributed by atoms with Crippen LogP contribution in [0, 0.1) is 6.92 Å². The van der Waals surface area contributed by atoms with Gasteiger partial charge in [-0.3, -0.25) is 0 Å². The van der Waals surface area contributed by atoms with E-state index < -0.39 is 0 Å². The van der Waals surface area contributed by atoms with Crippen molar-refractivity contribution >= 4 is 17.3 Å². The Kier molecular flexibility index (Phi) is 6.44. The van der Waals surface area contributed by atoms with Crippen molar-refractivity contribution in [3.8, 4) is 17.2 Å². The van der Waals surface area contributed by atoms with Crippen molar-refractivity contribution in [1.29, 1.82) is 0 Å². The molecule has 0 aliphatic carbocycles. The molecule has 7 heteroatoms. The molecular weight excluding hydrogens is 356 g/mol. The molecular formula is C21H30N4O3. The molecule has 1 fully saturated rings. The topological polar surface area (TPSA) is 68.7 Å². The molecule has 1 aromatic heterocycles. The van der Waals surface area contributed by atoms with Crippen molar-refractivity contribution in [2.45, 2.75) is 45.6 Å². The van der Waals surface area contributed by atoms with E-state index in [9.17, 15) is 0 Å². The lowest BCUT2D eigenvalue weighted by Crippen LogP contribution is -2.39. The first-order valence-electron chi connectivity index (χ1n) is 9.79. The molecule has 1 aromatic carbocycles. The second-order valence-electron chi connectivity index (χ2n) is 6.95. The molecule has 2 aromatic rings. The van der Waals surface area contributed by atoms with Gasteiger partial charge in [0.15, 0.2) is 11.5 Å². The van der Waals surface area contributed by atoms with Crippen LogP contribution in [0.1, 0.15) is 38.4 Å². The van der Waals surface area contributed by atoms with Crippen molar-refractivity contribution < 1.29 is 14.2 Å². The van der Waals surface area contributed by atoms with Gasteiger partial charge in [-0.2, -0.15) is 0 Å². The predicted octanol–water partition coefficient (Wildman–Crippen LogP) is 4.32. The molecule has 0 spiro atoms. The molecule has 1 aliphatic rings. The maximum atomic E-state index is 5.44. The van der Waals surface area contributed by atoms with E-state index in [-0.39, 0.29) is 0 Å². The van der Waals surface area contributed by atoms with Gasteiger partial charge < -0.3 is 24.4 Å². The summed E-state index contributed by atoms with van der Waals surface area (Å²) in [5.74, 6) is 4.23. The van der Waals surface area contributed by atoms with Crippen LogP contribution in [0.25, 0.3) is 0 Å². The van der Waals surface area contributed by atoms with E-state index in [1.807, 2.05) is 25.1 Å². The maximum absolute atomic E-state index is 5.44. The summed E-state index contributed by atoms with van der Waals surface area (Å²) < 4.78 is 16.3. The third-order valence-corrected chi connectivity index (χ3v) is 5.15. The van der Waals surface area contributed by atoms with E-state index in [4.69, 9.17) is 19.2 Å². The van der Waals surface area contributed by atoms with E-state index in [0.29, 0.717) is 23.3 Å². The lowest BCUT2D eigenvalue weighted by molar-refractivity contribution is 0.324. The van der Waals surface area contributed by atoms with Crippen molar-refractivity contribution in [3.05, 3.63) is 24.0 Å². The Bertz CT molecular complexity index is 787. The zero-order valence-electron chi connectivity index (χ0n) is 17.4. The van der Waals surface area contributed by atoms with Crippen LogP contribution >= 0.6 is 0 Å². The third kappa shape index (κ3) is 4.24. The van der Waals surface area contributed by atoms with E-state index in [0.717, 1.165) is 36.1 Å². The molecule has 0 radical (unpaired) electrons. The van der Waals surface area contributed by atoms with Gasteiger partial charge in [-0.25, -0.2) is 9.97 Å². The predicted molar refractivity (Wildman–Crippen MR) is 111 cm³/mol. The first-order chi connectivity index (χ1) is 13.6. The minimum absolute atomic E-state index is 0.539. The molecule has 28 heavy (non-hydrogen) atoms. The summed E-state index contributed by atoms with van der Waals surface area (Å²) in [6.07, 6.45) is 4.83. The van der Waals surface area contributed by atoms with Gasteiger partial charge in [0, 0.05) is 36.5 Å². The zero-order valence-corrected chi connectivity index (χ0v) is 17.4. The summed E-state index contributed by atoms with van der Waals surface area (Å²) in [6.45, 7) is 5.21. The lowest BCUT2D eigenvalue weighted by atomic mass is 10.00. The number of hydrogen-bond donors (Lipinski definition) is 1. The minimum Gasteiger partial charge on any atom is -0.493 e. The van der Waals surface area contributed by atoms with Gasteiger partial charge in [0.05, 0.1) is 21.3 Å². The molecule has 1 unspecified atom stereocenters. The van der Waals surface area contributed by atoms with Crippen LogP contribution in [0.2, 0.25) is 0 Å². The fourth-order valence-corrected chi connectivity index (χ4v) is 3.79. The van der Waals surface area contributed by atoms with E-state index in [2.05, 4.69) is 22.1 Å². The highest BCUT2D eigenvalue weighted by atomic mass is 16.5. The van der Waals surface area contributed by atoms with Crippen molar-refractivity contribution in [2.75, 3.05) is 38.1 Å². The molecule has 7 nitrogen and oxygen atoms in total. The number of piperidine rings is 1. The molecule has 0 bridgehead atoms. The minimum atomic E-state index is 0.539. The van der Waals surface area contributed by atoms with Crippen LogP contribution < -0.4 is 24.4 Å². The molecule has 0 saturated carbocycles. The second kappa shape index (κ2) is 8.99. The second-order valence-corrected chi connectivity index (χ2v) is 6.95. The number of aryl methyl sites for hydroxylation is 1. The molecule has 3 rings (SSSR count).